The van der Waals surface area contributed by atoms with Gasteiger partial charge in [-0.3, -0.25) is 0 Å². The molecule has 0 fully saturated rings. The standard InChI is InChI=1S/C15H18F3N3/c1-8-5-9(2)13(10(3)6-8)21-14(15(16,17)18)12(7-20-21)11(4)19/h5-7,11H,19H2,1-4H3. The number of nitrogens with zero attached hydrogens (tertiary/aromatic N) is 2. The van der Waals surface area contributed by atoms with Gasteiger partial charge in [0, 0.05) is 11.6 Å². The highest BCUT2D eigenvalue weighted by molar-refractivity contribution is 5.50. The van der Waals surface area contributed by atoms with Crippen molar-refractivity contribution in [1.29, 1.82) is 0 Å². The highest BCUT2D eigenvalue weighted by atomic mass is 19.4. The Morgan fingerprint density at radius 3 is 2.10 bits per heavy atom. The van der Waals surface area contributed by atoms with E-state index < -0.39 is 17.9 Å². The van der Waals surface area contributed by atoms with Crippen molar-refractivity contribution in [2.24, 2.45) is 5.73 Å². The maximum atomic E-state index is 13.4. The fourth-order valence-electron chi connectivity index (χ4n) is 2.65. The summed E-state index contributed by atoms with van der Waals surface area (Å²) in [6, 6.07) is 2.95. The minimum atomic E-state index is -4.51. The van der Waals surface area contributed by atoms with E-state index in [4.69, 9.17) is 5.73 Å². The predicted molar refractivity (Wildman–Crippen MR) is 75.4 cm³/mol. The van der Waals surface area contributed by atoms with Crippen LogP contribution in [-0.4, -0.2) is 9.78 Å². The van der Waals surface area contributed by atoms with Crippen LogP contribution in [0.3, 0.4) is 0 Å². The number of aryl methyl sites for hydroxylation is 3. The van der Waals surface area contributed by atoms with Gasteiger partial charge < -0.3 is 5.73 Å². The molecule has 0 aliphatic rings. The van der Waals surface area contributed by atoms with Crippen LogP contribution in [0, 0.1) is 20.8 Å². The van der Waals surface area contributed by atoms with E-state index >= 15 is 0 Å². The lowest BCUT2D eigenvalue weighted by atomic mass is 10.0. The van der Waals surface area contributed by atoms with Gasteiger partial charge in [0.1, 0.15) is 0 Å². The first-order chi connectivity index (χ1) is 9.62. The van der Waals surface area contributed by atoms with Gasteiger partial charge in [-0.05, 0) is 38.8 Å². The molecule has 21 heavy (non-hydrogen) atoms. The number of alkyl halides is 3. The normalized spacial score (nSPS) is 13.5. The van der Waals surface area contributed by atoms with Gasteiger partial charge in [0.15, 0.2) is 5.69 Å². The molecule has 2 rings (SSSR count). The molecule has 0 spiro atoms. The van der Waals surface area contributed by atoms with Crippen LogP contribution in [0.5, 0.6) is 0 Å². The summed E-state index contributed by atoms with van der Waals surface area (Å²) < 4.78 is 41.2. The molecule has 0 saturated carbocycles. The summed E-state index contributed by atoms with van der Waals surface area (Å²) in [6.45, 7) is 6.99. The van der Waals surface area contributed by atoms with Gasteiger partial charge in [-0.1, -0.05) is 17.7 Å². The van der Waals surface area contributed by atoms with Crippen molar-refractivity contribution in [2.45, 2.75) is 39.9 Å². The molecule has 2 aromatic rings. The second-order valence-electron chi connectivity index (χ2n) is 5.39. The van der Waals surface area contributed by atoms with Crippen molar-refractivity contribution in [3.63, 3.8) is 0 Å². The zero-order valence-corrected chi connectivity index (χ0v) is 12.4. The first-order valence-corrected chi connectivity index (χ1v) is 6.62. The van der Waals surface area contributed by atoms with Crippen molar-refractivity contribution in [3.8, 4) is 5.69 Å². The average molecular weight is 297 g/mol. The van der Waals surface area contributed by atoms with Gasteiger partial charge in [-0.25, -0.2) is 4.68 Å². The van der Waals surface area contributed by atoms with Crippen LogP contribution in [0.4, 0.5) is 13.2 Å². The number of halogens is 3. The lowest BCUT2D eigenvalue weighted by molar-refractivity contribution is -0.143. The van der Waals surface area contributed by atoms with Crippen LogP contribution < -0.4 is 5.73 Å². The SMILES string of the molecule is Cc1cc(C)c(-n2ncc(C(C)N)c2C(F)(F)F)c(C)c1. The minimum absolute atomic E-state index is 0.00174. The van der Waals surface area contributed by atoms with Crippen LogP contribution in [0.15, 0.2) is 18.3 Å². The topological polar surface area (TPSA) is 43.8 Å². The molecule has 1 aromatic carbocycles. The van der Waals surface area contributed by atoms with Crippen molar-refractivity contribution >= 4 is 0 Å². The van der Waals surface area contributed by atoms with E-state index in [0.29, 0.717) is 5.69 Å². The molecule has 6 heteroatoms. The molecule has 1 atom stereocenters. The smallest absolute Gasteiger partial charge is 0.324 e. The number of aromatic nitrogens is 2. The van der Waals surface area contributed by atoms with Crippen molar-refractivity contribution in [3.05, 3.63) is 46.3 Å². The Balaban J connectivity index is 2.77. The van der Waals surface area contributed by atoms with E-state index in [1.807, 2.05) is 19.1 Å². The summed E-state index contributed by atoms with van der Waals surface area (Å²) in [6.07, 6.45) is -3.31. The van der Waals surface area contributed by atoms with E-state index in [1.54, 1.807) is 13.8 Å². The molecule has 1 unspecified atom stereocenters. The molecule has 1 aromatic heterocycles. The maximum absolute atomic E-state index is 13.4. The third-order valence-electron chi connectivity index (χ3n) is 3.40. The summed E-state index contributed by atoms with van der Waals surface area (Å²) in [4.78, 5) is 0. The third kappa shape index (κ3) is 2.81. The molecule has 0 aliphatic carbocycles. The average Bonchev–Trinajstić information content (AvgIpc) is 2.71. The summed E-state index contributed by atoms with van der Waals surface area (Å²) in [5.74, 6) is 0. The summed E-state index contributed by atoms with van der Waals surface area (Å²) in [7, 11) is 0. The highest BCUT2D eigenvalue weighted by Gasteiger charge is 2.39. The molecular formula is C15H18F3N3. The molecule has 0 bridgehead atoms. The Hall–Kier alpha value is -1.82. The van der Waals surface area contributed by atoms with Gasteiger partial charge in [0.25, 0.3) is 0 Å². The van der Waals surface area contributed by atoms with Crippen LogP contribution in [0.1, 0.15) is 40.9 Å². The lowest BCUT2D eigenvalue weighted by Gasteiger charge is -2.17. The second kappa shape index (κ2) is 5.18. The molecule has 114 valence electrons. The Kier molecular flexibility index (Phi) is 3.84. The molecule has 0 radical (unpaired) electrons. The van der Waals surface area contributed by atoms with Crippen LogP contribution >= 0.6 is 0 Å². The van der Waals surface area contributed by atoms with Gasteiger partial charge in [0.05, 0.1) is 11.9 Å². The van der Waals surface area contributed by atoms with Crippen LogP contribution in [0.2, 0.25) is 0 Å². The monoisotopic (exact) mass is 297 g/mol. The fourth-order valence-corrected chi connectivity index (χ4v) is 2.65. The highest BCUT2D eigenvalue weighted by Crippen LogP contribution is 2.36. The molecule has 0 aliphatic heterocycles. The second-order valence-corrected chi connectivity index (χ2v) is 5.39. The number of benzene rings is 1. The number of nitrogens with two attached hydrogens (primary N) is 1. The van der Waals surface area contributed by atoms with Gasteiger partial charge in [0.2, 0.25) is 0 Å². The lowest BCUT2D eigenvalue weighted by Crippen LogP contribution is -2.19. The van der Waals surface area contributed by atoms with E-state index in [2.05, 4.69) is 5.10 Å². The number of hydrogen-bond donors (Lipinski definition) is 1. The number of hydrogen-bond acceptors (Lipinski definition) is 2. The Morgan fingerprint density at radius 1 is 1.14 bits per heavy atom. The molecule has 1 heterocycles. The largest absolute Gasteiger partial charge is 0.433 e. The molecule has 3 nitrogen and oxygen atoms in total. The number of rotatable bonds is 2. The third-order valence-corrected chi connectivity index (χ3v) is 3.40. The van der Waals surface area contributed by atoms with E-state index in [0.717, 1.165) is 21.4 Å². The first kappa shape index (κ1) is 15.6. The van der Waals surface area contributed by atoms with Crippen LogP contribution in [-0.2, 0) is 6.18 Å². The fraction of sp³-hybridized carbons (Fsp3) is 0.400. The Bertz CT molecular complexity index is 646. The predicted octanol–water partition coefficient (Wildman–Crippen LogP) is 3.84. The van der Waals surface area contributed by atoms with Gasteiger partial charge in [-0.2, -0.15) is 18.3 Å². The maximum Gasteiger partial charge on any atom is 0.433 e. The van der Waals surface area contributed by atoms with Gasteiger partial charge >= 0.3 is 6.18 Å². The Labute approximate surface area is 121 Å². The van der Waals surface area contributed by atoms with E-state index in [9.17, 15) is 13.2 Å². The van der Waals surface area contributed by atoms with Crippen molar-refractivity contribution in [1.82, 2.24) is 9.78 Å². The molecule has 0 amide bonds. The van der Waals surface area contributed by atoms with Crippen molar-refractivity contribution in [2.75, 3.05) is 0 Å². The van der Waals surface area contributed by atoms with Crippen molar-refractivity contribution < 1.29 is 13.2 Å². The molecular weight excluding hydrogens is 279 g/mol. The first-order valence-electron chi connectivity index (χ1n) is 6.62. The summed E-state index contributed by atoms with van der Waals surface area (Å²) in [5.41, 5.74) is 7.81. The van der Waals surface area contributed by atoms with E-state index in [-0.39, 0.29) is 5.56 Å². The zero-order chi connectivity index (χ0) is 15.9. The van der Waals surface area contributed by atoms with Crippen LogP contribution in [0.25, 0.3) is 5.69 Å². The molecule has 0 saturated heterocycles. The summed E-state index contributed by atoms with van der Waals surface area (Å²) in [5, 5.41) is 3.94. The molecule has 2 N–H and O–H groups in total. The van der Waals surface area contributed by atoms with Gasteiger partial charge in [-0.15, -0.1) is 0 Å². The Morgan fingerprint density at radius 2 is 1.67 bits per heavy atom. The summed E-state index contributed by atoms with van der Waals surface area (Å²) >= 11 is 0. The van der Waals surface area contributed by atoms with E-state index in [1.165, 1.54) is 13.1 Å². The zero-order valence-electron chi connectivity index (χ0n) is 12.4. The quantitative estimate of drug-likeness (QED) is 0.915. The minimum Gasteiger partial charge on any atom is -0.324 e.